The number of aromatic nitrogens is 1. The molecule has 1 aliphatic heterocycles. The van der Waals surface area contributed by atoms with E-state index in [1.165, 1.54) is 19.8 Å². The molecule has 2 heterocycles. The van der Waals surface area contributed by atoms with Gasteiger partial charge < -0.3 is 19.6 Å². The third-order valence-electron chi connectivity index (χ3n) is 5.42. The van der Waals surface area contributed by atoms with Crippen molar-refractivity contribution in [3.05, 3.63) is 48.8 Å². The second-order valence-electron chi connectivity index (χ2n) is 7.63. The number of hydrogen-bond donors (Lipinski definition) is 3. The highest BCUT2D eigenvalue weighted by Crippen LogP contribution is 2.25. The van der Waals surface area contributed by atoms with Crippen molar-refractivity contribution in [2.24, 2.45) is 0 Å². The van der Waals surface area contributed by atoms with E-state index in [2.05, 4.69) is 28.6 Å². The molecular formula is C23H34N4O5S. The predicted molar refractivity (Wildman–Crippen MR) is 130 cm³/mol. The number of carboxylic acids is 1. The molecule has 1 aromatic heterocycles. The first-order valence-electron chi connectivity index (χ1n) is 11.2. The molecule has 1 saturated heterocycles. The Morgan fingerprint density at radius 2 is 1.45 bits per heavy atom. The first-order chi connectivity index (χ1) is 15.8. The first kappa shape index (κ1) is 26.4. The third-order valence-corrected chi connectivity index (χ3v) is 5.96. The van der Waals surface area contributed by atoms with Crippen LogP contribution in [0.5, 0.6) is 5.75 Å². The van der Waals surface area contributed by atoms with Crippen molar-refractivity contribution in [3.63, 3.8) is 0 Å². The van der Waals surface area contributed by atoms with E-state index in [1.807, 2.05) is 29.0 Å². The van der Waals surface area contributed by atoms with Crippen molar-refractivity contribution in [2.45, 2.75) is 45.8 Å². The fourth-order valence-electron chi connectivity index (χ4n) is 3.27. The number of carbonyl (C=O) groups is 1. The number of ether oxygens (including phenoxy) is 1. The molecule has 1 atom stereocenters. The molecule has 3 rings (SSSR count). The molecule has 1 aromatic carbocycles. The van der Waals surface area contributed by atoms with E-state index in [0.717, 1.165) is 37.6 Å². The number of anilines is 2. The summed E-state index contributed by atoms with van der Waals surface area (Å²) in [6.07, 6.45) is 6.14. The lowest BCUT2D eigenvalue weighted by Crippen LogP contribution is -2.55. The number of aliphatic carboxylic acids is 1. The van der Waals surface area contributed by atoms with E-state index in [1.54, 1.807) is 24.5 Å². The number of thiol groups is 1. The fourth-order valence-corrected chi connectivity index (χ4v) is 3.86. The average molecular weight is 479 g/mol. The van der Waals surface area contributed by atoms with E-state index < -0.39 is 22.6 Å². The van der Waals surface area contributed by atoms with Crippen LogP contribution in [-0.4, -0.2) is 56.4 Å². The van der Waals surface area contributed by atoms with Gasteiger partial charge in [0.05, 0.1) is 0 Å². The lowest BCUT2D eigenvalue weighted by atomic mass is 10.1. The molecule has 0 saturated carbocycles. The zero-order valence-electron chi connectivity index (χ0n) is 19.4. The lowest BCUT2D eigenvalue weighted by molar-refractivity contribution is -0.156. The minimum absolute atomic E-state index is 0.0651. The van der Waals surface area contributed by atoms with E-state index in [0.29, 0.717) is 0 Å². The van der Waals surface area contributed by atoms with Gasteiger partial charge in [0, 0.05) is 56.4 Å². The summed E-state index contributed by atoms with van der Waals surface area (Å²) >= 11 is 0. The monoisotopic (exact) mass is 478 g/mol. The normalized spacial score (nSPS) is 15.4. The molecule has 1 fully saturated rings. The summed E-state index contributed by atoms with van der Waals surface area (Å²) in [5, 5.41) is 9.44. The van der Waals surface area contributed by atoms with E-state index in [9.17, 15) is 18.3 Å². The number of pyridine rings is 1. The highest BCUT2D eigenvalue weighted by Gasteiger charge is 2.40. The Bertz CT molecular complexity index is 922. The lowest BCUT2D eigenvalue weighted by Gasteiger charge is -2.37. The van der Waals surface area contributed by atoms with Crippen LogP contribution < -0.4 is 19.3 Å². The van der Waals surface area contributed by atoms with Gasteiger partial charge in [0.2, 0.25) is 10.9 Å². The average Bonchev–Trinajstić information content (AvgIpc) is 2.84. The van der Waals surface area contributed by atoms with Crippen LogP contribution in [0.2, 0.25) is 0 Å². The molecule has 33 heavy (non-hydrogen) atoms. The van der Waals surface area contributed by atoms with Crippen molar-refractivity contribution in [3.8, 4) is 5.75 Å². The quantitative estimate of drug-likeness (QED) is 0.373. The van der Waals surface area contributed by atoms with E-state index in [4.69, 9.17) is 4.74 Å². The summed E-state index contributed by atoms with van der Waals surface area (Å²) < 4.78 is 29.6. The topological polar surface area (TPSA) is 112 Å². The molecule has 9 nitrogen and oxygen atoms in total. The summed E-state index contributed by atoms with van der Waals surface area (Å²) in [7, 11) is -3.14. The Labute approximate surface area is 197 Å². The number of benzene rings is 1. The molecule has 1 unspecified atom stereocenters. The number of carboxylic acid groups (broad SMARTS) is 1. The van der Waals surface area contributed by atoms with Gasteiger partial charge in [-0.05, 0) is 36.4 Å². The number of unbranched alkanes of at least 4 members (excludes halogenated alkanes) is 1. The number of nitrogens with one attached hydrogen (secondary N) is 1. The fraction of sp³-hybridized carbons (Fsp3) is 0.478. The van der Waals surface area contributed by atoms with Crippen molar-refractivity contribution < 1.29 is 23.1 Å². The van der Waals surface area contributed by atoms with Crippen LogP contribution in [0.1, 0.15) is 40.0 Å². The molecule has 182 valence electrons. The summed E-state index contributed by atoms with van der Waals surface area (Å²) in [5.41, 5.74) is 0.122. The number of hydrogen-bond acceptors (Lipinski definition) is 7. The second kappa shape index (κ2) is 13.0. The Morgan fingerprint density at radius 1 is 0.970 bits per heavy atom. The standard InChI is InChI=1S/C19H24N4O5S.C4H10/c1-2-19(18(24)25,21-29(26)27)28-17-5-3-15(4-6-17)22-11-13-23(14-12-22)16-7-9-20-10-8-16;1-3-4-2/h3-10,29H,2,11-14H2,1H3,(H,24,25)(H,21,26,27);3-4H2,1-2H3. The summed E-state index contributed by atoms with van der Waals surface area (Å²) in [6, 6.07) is 11.0. The summed E-state index contributed by atoms with van der Waals surface area (Å²) in [6.45, 7) is 9.33. The van der Waals surface area contributed by atoms with Crippen molar-refractivity contribution >= 4 is 28.2 Å². The van der Waals surface area contributed by atoms with E-state index >= 15 is 0 Å². The van der Waals surface area contributed by atoms with Crippen LogP contribution >= 0.6 is 0 Å². The number of nitrogens with zero attached hydrogens (tertiary/aromatic N) is 3. The molecule has 1 aliphatic rings. The molecule has 0 bridgehead atoms. The Balaban J connectivity index is 0.000000890. The van der Waals surface area contributed by atoms with Gasteiger partial charge in [-0.15, -0.1) is 0 Å². The summed E-state index contributed by atoms with van der Waals surface area (Å²) in [5.74, 6) is -1.12. The minimum Gasteiger partial charge on any atom is -0.477 e. The maximum absolute atomic E-state index is 11.6. The van der Waals surface area contributed by atoms with Crippen LogP contribution in [0.15, 0.2) is 48.8 Å². The minimum atomic E-state index is -3.14. The van der Waals surface area contributed by atoms with Crippen LogP contribution in [0.25, 0.3) is 0 Å². The maximum Gasteiger partial charge on any atom is 0.364 e. The molecular weight excluding hydrogens is 444 g/mol. The molecule has 0 radical (unpaired) electrons. The van der Waals surface area contributed by atoms with Gasteiger partial charge >= 0.3 is 5.97 Å². The van der Waals surface area contributed by atoms with Crippen LogP contribution in [0.3, 0.4) is 0 Å². The van der Waals surface area contributed by atoms with Crippen LogP contribution in [0, 0.1) is 0 Å². The number of rotatable bonds is 9. The third kappa shape index (κ3) is 7.61. The highest BCUT2D eigenvalue weighted by atomic mass is 32.2. The largest absolute Gasteiger partial charge is 0.477 e. The molecule has 0 spiro atoms. The second-order valence-corrected chi connectivity index (χ2v) is 8.37. The maximum atomic E-state index is 11.6. The smallest absolute Gasteiger partial charge is 0.364 e. The van der Waals surface area contributed by atoms with Crippen LogP contribution in [0.4, 0.5) is 11.4 Å². The van der Waals surface area contributed by atoms with Gasteiger partial charge in [0.25, 0.3) is 5.72 Å². The van der Waals surface area contributed by atoms with Crippen molar-refractivity contribution in [1.82, 2.24) is 9.71 Å². The van der Waals surface area contributed by atoms with Crippen LogP contribution in [-0.2, 0) is 15.7 Å². The van der Waals surface area contributed by atoms with Gasteiger partial charge in [0.15, 0.2) is 0 Å². The Hall–Kier alpha value is -2.85. The zero-order valence-corrected chi connectivity index (χ0v) is 20.3. The van der Waals surface area contributed by atoms with Crippen molar-refractivity contribution in [2.75, 3.05) is 36.0 Å². The first-order valence-corrected chi connectivity index (χ1v) is 12.4. The molecule has 2 aromatic rings. The molecule has 0 aliphatic carbocycles. The van der Waals surface area contributed by atoms with Gasteiger partial charge in [-0.1, -0.05) is 33.6 Å². The van der Waals surface area contributed by atoms with Gasteiger partial charge in [-0.3, -0.25) is 4.98 Å². The molecule has 0 amide bonds. The highest BCUT2D eigenvalue weighted by molar-refractivity contribution is 7.70. The zero-order chi connectivity index (χ0) is 24.3. The van der Waals surface area contributed by atoms with E-state index in [-0.39, 0.29) is 12.2 Å². The Morgan fingerprint density at radius 3 is 1.85 bits per heavy atom. The molecule has 10 heteroatoms. The van der Waals surface area contributed by atoms with Gasteiger partial charge in [-0.25, -0.2) is 13.2 Å². The summed E-state index contributed by atoms with van der Waals surface area (Å²) in [4.78, 5) is 20.2. The number of piperazine rings is 1. The van der Waals surface area contributed by atoms with Gasteiger partial charge in [0.1, 0.15) is 5.75 Å². The van der Waals surface area contributed by atoms with Gasteiger partial charge in [-0.2, -0.15) is 4.72 Å². The molecule has 2 N–H and O–H groups in total. The predicted octanol–water partition coefficient (Wildman–Crippen LogP) is 2.90. The van der Waals surface area contributed by atoms with Crippen molar-refractivity contribution in [1.29, 1.82) is 0 Å². The Kier molecular flexibility index (Phi) is 10.4. The SMILES string of the molecule is CCC(N[SH](=O)=O)(Oc1ccc(N2CCN(c3ccncc3)CC2)cc1)C(=O)O.CCCC.